The van der Waals surface area contributed by atoms with Crippen LogP contribution in [0.15, 0.2) is 52.3 Å². The van der Waals surface area contributed by atoms with Crippen molar-refractivity contribution in [2.24, 2.45) is 0 Å². The van der Waals surface area contributed by atoms with Gasteiger partial charge in [0.15, 0.2) is 0 Å². The molecule has 0 saturated carbocycles. The number of amides is 1. The largest absolute Gasteiger partial charge is 0.495 e. The summed E-state index contributed by atoms with van der Waals surface area (Å²) in [7, 11) is -4.30. The van der Waals surface area contributed by atoms with Crippen molar-refractivity contribution in [3.8, 4) is 5.75 Å². The maximum Gasteiger partial charge on any atom is 0.261 e. The summed E-state index contributed by atoms with van der Waals surface area (Å²) in [5, 5.41) is 2.53. The first kappa shape index (κ1) is 24.0. The van der Waals surface area contributed by atoms with Crippen molar-refractivity contribution in [1.82, 2.24) is 9.21 Å². The zero-order valence-corrected chi connectivity index (χ0v) is 19.7. The maximum atomic E-state index is 12.8. The first-order valence-electron chi connectivity index (χ1n) is 9.80. The monoisotopic (exact) mass is 482 g/mol. The fourth-order valence-electron chi connectivity index (χ4n) is 3.23. The van der Waals surface area contributed by atoms with Crippen LogP contribution in [0.1, 0.15) is 6.92 Å². The van der Waals surface area contributed by atoms with Crippen molar-refractivity contribution in [1.29, 1.82) is 0 Å². The molecule has 1 fully saturated rings. The second kappa shape index (κ2) is 9.45. The van der Waals surface area contributed by atoms with E-state index in [9.17, 15) is 21.6 Å². The van der Waals surface area contributed by atoms with E-state index in [-0.39, 0.29) is 27.1 Å². The van der Waals surface area contributed by atoms with E-state index in [1.807, 2.05) is 7.05 Å². The molecule has 1 amide bonds. The number of carbonyl (C=O) groups excluding carboxylic acids is 1. The zero-order chi connectivity index (χ0) is 23.5. The summed E-state index contributed by atoms with van der Waals surface area (Å²) in [6, 6.07) is 9.63. The van der Waals surface area contributed by atoms with Crippen LogP contribution >= 0.6 is 0 Å². The highest BCUT2D eigenvalue weighted by molar-refractivity contribution is 7.92. The molecule has 0 spiro atoms. The molecule has 0 aromatic heterocycles. The number of piperazine rings is 1. The molecule has 0 aliphatic carbocycles. The molecule has 2 N–H and O–H groups in total. The minimum absolute atomic E-state index is 0.0869. The van der Waals surface area contributed by atoms with Gasteiger partial charge in [-0.3, -0.25) is 9.52 Å². The highest BCUT2D eigenvalue weighted by Crippen LogP contribution is 2.29. The molecule has 1 heterocycles. The van der Waals surface area contributed by atoms with Crippen LogP contribution in [0, 0.1) is 0 Å². The van der Waals surface area contributed by atoms with Gasteiger partial charge in [0.2, 0.25) is 15.9 Å². The predicted octanol–water partition coefficient (Wildman–Crippen LogP) is 1.39. The Morgan fingerprint density at radius 2 is 1.53 bits per heavy atom. The van der Waals surface area contributed by atoms with E-state index in [1.165, 1.54) is 60.8 Å². The normalized spacial score (nSPS) is 15.8. The molecule has 32 heavy (non-hydrogen) atoms. The molecular formula is C20H26N4O6S2. The molecule has 174 valence electrons. The molecule has 1 aliphatic heterocycles. The minimum atomic E-state index is -3.99. The number of likely N-dealkylation sites (N-methyl/N-ethyl adjacent to an activating group) is 1. The van der Waals surface area contributed by atoms with Crippen molar-refractivity contribution < 1.29 is 26.4 Å². The Labute approximate surface area is 188 Å². The third kappa shape index (κ3) is 5.38. The number of rotatable bonds is 7. The molecule has 2 aromatic rings. The molecule has 0 atom stereocenters. The minimum Gasteiger partial charge on any atom is -0.495 e. The van der Waals surface area contributed by atoms with Crippen molar-refractivity contribution in [3.63, 3.8) is 0 Å². The number of nitrogens with one attached hydrogen (secondary N) is 2. The first-order valence-corrected chi connectivity index (χ1v) is 12.7. The van der Waals surface area contributed by atoms with Gasteiger partial charge < -0.3 is 15.0 Å². The number of benzene rings is 2. The van der Waals surface area contributed by atoms with Crippen molar-refractivity contribution >= 4 is 37.3 Å². The van der Waals surface area contributed by atoms with Crippen LogP contribution in [0.4, 0.5) is 11.4 Å². The van der Waals surface area contributed by atoms with Crippen LogP contribution in [-0.4, -0.2) is 72.3 Å². The molecule has 2 aromatic carbocycles. The number of nitrogens with zero attached hydrogens (tertiary/aromatic N) is 2. The Balaban J connectivity index is 1.79. The van der Waals surface area contributed by atoms with Gasteiger partial charge in [0.1, 0.15) is 5.75 Å². The van der Waals surface area contributed by atoms with E-state index in [0.29, 0.717) is 31.9 Å². The van der Waals surface area contributed by atoms with Gasteiger partial charge in [-0.15, -0.1) is 0 Å². The molecule has 1 aliphatic rings. The van der Waals surface area contributed by atoms with Gasteiger partial charge in [-0.25, -0.2) is 16.8 Å². The second-order valence-corrected chi connectivity index (χ2v) is 11.0. The topological polar surface area (TPSA) is 125 Å². The number of sulfonamides is 2. The quantitative estimate of drug-likeness (QED) is 0.611. The number of hydrogen-bond acceptors (Lipinski definition) is 7. The lowest BCUT2D eigenvalue weighted by Gasteiger charge is -2.31. The summed E-state index contributed by atoms with van der Waals surface area (Å²) in [5.74, 6) is -0.0550. The van der Waals surface area contributed by atoms with Gasteiger partial charge in [-0.05, 0) is 49.5 Å². The van der Waals surface area contributed by atoms with Gasteiger partial charge in [-0.2, -0.15) is 4.31 Å². The Bertz CT molecular complexity index is 1190. The fraction of sp³-hybridized carbons (Fsp3) is 0.350. The van der Waals surface area contributed by atoms with Gasteiger partial charge >= 0.3 is 0 Å². The lowest BCUT2D eigenvalue weighted by molar-refractivity contribution is -0.114. The third-order valence-electron chi connectivity index (χ3n) is 5.00. The number of hydrogen-bond donors (Lipinski definition) is 2. The highest BCUT2D eigenvalue weighted by Gasteiger charge is 2.27. The lowest BCUT2D eigenvalue weighted by atomic mass is 10.3. The highest BCUT2D eigenvalue weighted by atomic mass is 32.2. The third-order valence-corrected chi connectivity index (χ3v) is 8.29. The molecule has 12 heteroatoms. The van der Waals surface area contributed by atoms with E-state index in [4.69, 9.17) is 4.74 Å². The van der Waals surface area contributed by atoms with Crippen molar-refractivity contribution in [3.05, 3.63) is 42.5 Å². The number of carbonyl (C=O) groups is 1. The number of anilines is 2. The second-order valence-electron chi connectivity index (χ2n) is 7.38. The average molecular weight is 483 g/mol. The smallest absolute Gasteiger partial charge is 0.261 e. The van der Waals surface area contributed by atoms with E-state index in [2.05, 4.69) is 14.9 Å². The molecule has 10 nitrogen and oxygen atoms in total. The summed E-state index contributed by atoms with van der Waals surface area (Å²) in [4.78, 5) is 13.5. The Morgan fingerprint density at radius 3 is 2.09 bits per heavy atom. The summed E-state index contributed by atoms with van der Waals surface area (Å²) in [6.45, 7) is 3.41. The zero-order valence-electron chi connectivity index (χ0n) is 18.0. The Morgan fingerprint density at radius 1 is 0.938 bits per heavy atom. The summed E-state index contributed by atoms with van der Waals surface area (Å²) in [6.07, 6.45) is 0. The standard InChI is InChI=1S/C20H26N4O6S2/c1-15(25)21-19-14-18(8-9-20(19)30-3)31(26,27)22-16-4-6-17(7-5-16)32(28,29)24-12-10-23(2)11-13-24/h4-9,14,22H,10-13H2,1-3H3,(H,21,25). The van der Waals surface area contributed by atoms with Gasteiger partial charge in [-0.1, -0.05) is 0 Å². The Kier molecular flexibility index (Phi) is 7.08. The lowest BCUT2D eigenvalue weighted by Crippen LogP contribution is -2.46. The van der Waals surface area contributed by atoms with E-state index in [0.717, 1.165) is 0 Å². The maximum absolute atomic E-state index is 12.8. The number of ether oxygens (including phenoxy) is 1. The fourth-order valence-corrected chi connectivity index (χ4v) is 5.73. The predicted molar refractivity (Wildman–Crippen MR) is 121 cm³/mol. The molecule has 0 unspecified atom stereocenters. The molecule has 1 saturated heterocycles. The summed E-state index contributed by atoms with van der Waals surface area (Å²) >= 11 is 0. The molecular weight excluding hydrogens is 456 g/mol. The van der Waals surface area contributed by atoms with Gasteiger partial charge in [0.05, 0.1) is 22.6 Å². The Hall–Kier alpha value is -2.67. The van der Waals surface area contributed by atoms with Crippen molar-refractivity contribution in [2.75, 3.05) is 50.4 Å². The van der Waals surface area contributed by atoms with Crippen LogP contribution in [0.3, 0.4) is 0 Å². The van der Waals surface area contributed by atoms with E-state index >= 15 is 0 Å². The van der Waals surface area contributed by atoms with Crippen LogP contribution in [-0.2, 0) is 24.8 Å². The van der Waals surface area contributed by atoms with E-state index < -0.39 is 20.0 Å². The average Bonchev–Trinajstić information content (AvgIpc) is 2.73. The van der Waals surface area contributed by atoms with Crippen LogP contribution in [0.25, 0.3) is 0 Å². The van der Waals surface area contributed by atoms with Crippen LogP contribution in [0.2, 0.25) is 0 Å². The van der Waals surface area contributed by atoms with Crippen LogP contribution in [0.5, 0.6) is 5.75 Å². The molecule has 3 rings (SSSR count). The van der Waals surface area contributed by atoms with Crippen LogP contribution < -0.4 is 14.8 Å². The molecule has 0 bridgehead atoms. The number of methoxy groups -OCH3 is 1. The SMILES string of the molecule is COc1ccc(S(=O)(=O)Nc2ccc(S(=O)(=O)N3CCN(C)CC3)cc2)cc1NC(C)=O. The van der Waals surface area contributed by atoms with Gasteiger partial charge in [0.25, 0.3) is 10.0 Å². The first-order chi connectivity index (χ1) is 15.0. The summed E-state index contributed by atoms with van der Waals surface area (Å²) < 4.78 is 60.2. The van der Waals surface area contributed by atoms with Crippen molar-refractivity contribution in [2.45, 2.75) is 16.7 Å². The summed E-state index contributed by atoms with van der Waals surface area (Å²) in [5.41, 5.74) is 0.427. The molecule has 0 radical (unpaired) electrons. The van der Waals surface area contributed by atoms with Gasteiger partial charge in [0, 0.05) is 38.8 Å². The van der Waals surface area contributed by atoms with E-state index in [1.54, 1.807) is 0 Å².